The Balaban J connectivity index is 2.01. The van der Waals surface area contributed by atoms with E-state index in [0.29, 0.717) is 6.04 Å². The first kappa shape index (κ1) is 17.3. The van der Waals surface area contributed by atoms with E-state index in [1.807, 2.05) is 0 Å². The minimum atomic E-state index is 0.700. The summed E-state index contributed by atoms with van der Waals surface area (Å²) >= 11 is 0. The van der Waals surface area contributed by atoms with Crippen LogP contribution in [0.3, 0.4) is 0 Å². The van der Waals surface area contributed by atoms with Crippen LogP contribution in [0, 0.1) is 17.8 Å². The average Bonchev–Trinajstić information content (AvgIpc) is 2.46. The highest BCUT2D eigenvalue weighted by atomic mass is 15.3. The molecule has 0 amide bonds. The smallest absolute Gasteiger partial charge is 0.0247 e. The summed E-state index contributed by atoms with van der Waals surface area (Å²) < 4.78 is 0. The third-order valence-corrected chi connectivity index (χ3v) is 5.85. The summed E-state index contributed by atoms with van der Waals surface area (Å²) in [6.45, 7) is 14.5. The molecule has 3 unspecified atom stereocenters. The van der Waals surface area contributed by atoms with Crippen LogP contribution in [-0.2, 0) is 0 Å². The molecule has 0 aromatic carbocycles. The Morgan fingerprint density at radius 1 is 1.00 bits per heavy atom. The molecule has 0 radical (unpaired) electrons. The zero-order valence-corrected chi connectivity index (χ0v) is 15.1. The van der Waals surface area contributed by atoms with Crippen LogP contribution in [0.1, 0.15) is 73.1 Å². The molecule has 124 valence electrons. The zero-order valence-electron chi connectivity index (χ0n) is 15.1. The Kier molecular flexibility index (Phi) is 6.55. The molecule has 2 fully saturated rings. The van der Waals surface area contributed by atoms with Gasteiger partial charge in [0.1, 0.15) is 0 Å². The molecule has 1 aliphatic carbocycles. The topological polar surface area (TPSA) is 15.3 Å². The Morgan fingerprint density at radius 3 is 2.24 bits per heavy atom. The van der Waals surface area contributed by atoms with E-state index in [0.717, 1.165) is 29.8 Å². The fraction of sp³-hybridized carbons (Fsp3) is 1.00. The van der Waals surface area contributed by atoms with Crippen LogP contribution in [0.25, 0.3) is 0 Å². The maximum absolute atomic E-state index is 3.83. The minimum Gasteiger partial charge on any atom is -0.311 e. The minimum absolute atomic E-state index is 0.700. The molecule has 1 saturated heterocycles. The van der Waals surface area contributed by atoms with Crippen molar-refractivity contribution in [2.75, 3.05) is 13.1 Å². The molecule has 1 N–H and O–H groups in total. The zero-order chi connectivity index (χ0) is 15.4. The van der Waals surface area contributed by atoms with Crippen molar-refractivity contribution in [3.63, 3.8) is 0 Å². The van der Waals surface area contributed by atoms with Gasteiger partial charge in [0.05, 0.1) is 0 Å². The Labute approximate surface area is 133 Å². The lowest BCUT2D eigenvalue weighted by atomic mass is 9.82. The summed E-state index contributed by atoms with van der Waals surface area (Å²) in [7, 11) is 0. The first-order valence-electron chi connectivity index (χ1n) is 9.48. The van der Waals surface area contributed by atoms with Crippen molar-refractivity contribution in [3.8, 4) is 0 Å². The summed E-state index contributed by atoms with van der Waals surface area (Å²) in [4.78, 5) is 2.88. The highest BCUT2D eigenvalue weighted by molar-refractivity contribution is 4.92. The molecule has 3 atom stereocenters. The molecule has 1 saturated carbocycles. The van der Waals surface area contributed by atoms with Crippen molar-refractivity contribution in [1.29, 1.82) is 0 Å². The normalized spacial score (nSPS) is 31.0. The second-order valence-corrected chi connectivity index (χ2v) is 8.38. The van der Waals surface area contributed by atoms with E-state index < -0.39 is 0 Å². The maximum Gasteiger partial charge on any atom is 0.0247 e. The molecule has 0 spiro atoms. The van der Waals surface area contributed by atoms with Gasteiger partial charge in [0, 0.05) is 31.2 Å². The predicted octanol–water partition coefficient (Wildman–Crippen LogP) is 4.30. The quantitative estimate of drug-likeness (QED) is 0.813. The van der Waals surface area contributed by atoms with Crippen LogP contribution < -0.4 is 5.32 Å². The van der Waals surface area contributed by atoms with Crippen LogP contribution in [0.15, 0.2) is 0 Å². The van der Waals surface area contributed by atoms with E-state index in [9.17, 15) is 0 Å². The average molecular weight is 295 g/mol. The highest BCUT2D eigenvalue weighted by Gasteiger charge is 2.35. The molecule has 2 aliphatic rings. The lowest BCUT2D eigenvalue weighted by Crippen LogP contribution is -2.62. The molecule has 0 bridgehead atoms. The standard InChI is InChI=1S/C19H38N2/c1-14(2)11-18-13-21(19(12-20-18)15(3)4)16(5)17-9-7-6-8-10-17/h14-20H,6-13H2,1-5H3. The number of nitrogens with zero attached hydrogens (tertiary/aromatic N) is 1. The molecule has 1 aliphatic heterocycles. The Bertz CT molecular complexity index is 294. The highest BCUT2D eigenvalue weighted by Crippen LogP contribution is 2.32. The number of rotatable bonds is 5. The van der Waals surface area contributed by atoms with Crippen molar-refractivity contribution in [1.82, 2.24) is 10.2 Å². The van der Waals surface area contributed by atoms with Gasteiger partial charge in [-0.05, 0) is 43.9 Å². The third kappa shape index (κ3) is 4.69. The van der Waals surface area contributed by atoms with Gasteiger partial charge >= 0.3 is 0 Å². The van der Waals surface area contributed by atoms with Crippen LogP contribution in [0.4, 0.5) is 0 Å². The fourth-order valence-corrected chi connectivity index (χ4v) is 4.56. The summed E-state index contributed by atoms with van der Waals surface area (Å²) in [6, 6.07) is 2.20. The van der Waals surface area contributed by atoms with Crippen molar-refractivity contribution in [3.05, 3.63) is 0 Å². The second-order valence-electron chi connectivity index (χ2n) is 8.38. The summed E-state index contributed by atoms with van der Waals surface area (Å²) in [5.41, 5.74) is 0. The molecule has 0 aromatic heterocycles. The van der Waals surface area contributed by atoms with Gasteiger partial charge in [0.15, 0.2) is 0 Å². The summed E-state index contributed by atoms with van der Waals surface area (Å²) in [5.74, 6) is 2.49. The lowest BCUT2D eigenvalue weighted by Gasteiger charge is -2.48. The van der Waals surface area contributed by atoms with Gasteiger partial charge in [0.2, 0.25) is 0 Å². The first-order chi connectivity index (χ1) is 9.99. The van der Waals surface area contributed by atoms with Crippen LogP contribution in [0.2, 0.25) is 0 Å². The molecule has 21 heavy (non-hydrogen) atoms. The van der Waals surface area contributed by atoms with Gasteiger partial charge in [0.25, 0.3) is 0 Å². The Hall–Kier alpha value is -0.0800. The molecule has 2 nitrogen and oxygen atoms in total. The van der Waals surface area contributed by atoms with E-state index in [-0.39, 0.29) is 0 Å². The van der Waals surface area contributed by atoms with Gasteiger partial charge in [-0.1, -0.05) is 47.0 Å². The van der Waals surface area contributed by atoms with E-state index in [1.165, 1.54) is 51.6 Å². The van der Waals surface area contributed by atoms with E-state index in [2.05, 4.69) is 44.8 Å². The van der Waals surface area contributed by atoms with Crippen LogP contribution in [0.5, 0.6) is 0 Å². The van der Waals surface area contributed by atoms with Gasteiger partial charge in [-0.2, -0.15) is 0 Å². The third-order valence-electron chi connectivity index (χ3n) is 5.85. The molecular formula is C19H38N2. The monoisotopic (exact) mass is 294 g/mol. The summed E-state index contributed by atoms with van der Waals surface area (Å²) in [6.07, 6.45) is 8.63. The van der Waals surface area contributed by atoms with Crippen LogP contribution in [-0.4, -0.2) is 36.1 Å². The van der Waals surface area contributed by atoms with Crippen molar-refractivity contribution in [2.45, 2.75) is 91.3 Å². The number of piperazine rings is 1. The SMILES string of the molecule is CC(C)CC1CN(C(C)C2CCCCC2)C(C(C)C)CN1. The van der Waals surface area contributed by atoms with Gasteiger partial charge in [-0.25, -0.2) is 0 Å². The van der Waals surface area contributed by atoms with Crippen molar-refractivity contribution < 1.29 is 0 Å². The second kappa shape index (κ2) is 7.97. The number of hydrogen-bond acceptors (Lipinski definition) is 2. The maximum atomic E-state index is 3.83. The van der Waals surface area contributed by atoms with Crippen LogP contribution >= 0.6 is 0 Å². The molecule has 2 heteroatoms. The van der Waals surface area contributed by atoms with E-state index in [1.54, 1.807) is 0 Å². The number of hydrogen-bond donors (Lipinski definition) is 1. The molecular weight excluding hydrogens is 256 g/mol. The van der Waals surface area contributed by atoms with E-state index in [4.69, 9.17) is 0 Å². The number of nitrogens with one attached hydrogen (secondary N) is 1. The molecule has 0 aromatic rings. The molecule has 2 rings (SSSR count). The first-order valence-corrected chi connectivity index (χ1v) is 9.48. The van der Waals surface area contributed by atoms with Crippen molar-refractivity contribution in [2.24, 2.45) is 17.8 Å². The largest absolute Gasteiger partial charge is 0.311 e. The molecule has 1 heterocycles. The Morgan fingerprint density at radius 2 is 1.67 bits per heavy atom. The fourth-order valence-electron chi connectivity index (χ4n) is 4.56. The van der Waals surface area contributed by atoms with Gasteiger partial charge in [-0.15, -0.1) is 0 Å². The summed E-state index contributed by atoms with van der Waals surface area (Å²) in [5, 5.41) is 3.83. The van der Waals surface area contributed by atoms with Gasteiger partial charge < -0.3 is 5.32 Å². The van der Waals surface area contributed by atoms with Crippen molar-refractivity contribution >= 4 is 0 Å². The lowest BCUT2D eigenvalue weighted by molar-refractivity contribution is 0.0252. The van der Waals surface area contributed by atoms with E-state index >= 15 is 0 Å². The predicted molar refractivity (Wildman–Crippen MR) is 92.6 cm³/mol. The van der Waals surface area contributed by atoms with Gasteiger partial charge in [-0.3, -0.25) is 4.90 Å².